The Labute approximate surface area is 127 Å². The Morgan fingerprint density at radius 2 is 1.76 bits per heavy atom. The number of pyridine rings is 1. The van der Waals surface area contributed by atoms with Gasteiger partial charge in [0.1, 0.15) is 12.4 Å². The Bertz CT molecular complexity index is 574. The molecule has 0 aliphatic carbocycles. The lowest BCUT2D eigenvalue weighted by molar-refractivity contribution is 0.297. The molecular formula is C18H24N2O. The van der Waals surface area contributed by atoms with Crippen LogP contribution < -0.4 is 10.1 Å². The predicted molar refractivity (Wildman–Crippen MR) is 86.3 cm³/mol. The first kappa shape index (κ1) is 15.5. The Hall–Kier alpha value is -1.87. The molecule has 1 aromatic heterocycles. The van der Waals surface area contributed by atoms with E-state index in [9.17, 15) is 0 Å². The molecule has 3 heteroatoms. The van der Waals surface area contributed by atoms with Crippen LogP contribution in [0.5, 0.6) is 5.75 Å². The molecule has 1 aromatic carbocycles. The van der Waals surface area contributed by atoms with E-state index in [1.54, 1.807) is 0 Å². The molecule has 1 heterocycles. The molecule has 0 saturated heterocycles. The van der Waals surface area contributed by atoms with E-state index in [0.717, 1.165) is 22.7 Å². The largest absolute Gasteiger partial charge is 0.487 e. The fraction of sp³-hybridized carbons (Fsp3) is 0.389. The second-order valence-electron chi connectivity index (χ2n) is 6.28. The standard InChI is InChI=1S/C18H24N2O/c1-14-10-11-17(16(20-14)12-19-18(2,3)4)21-13-15-8-6-5-7-9-15/h5-11,19H,12-13H2,1-4H3. The second-order valence-corrected chi connectivity index (χ2v) is 6.28. The highest BCUT2D eigenvalue weighted by Gasteiger charge is 2.12. The van der Waals surface area contributed by atoms with Gasteiger partial charge in [-0.3, -0.25) is 4.98 Å². The van der Waals surface area contributed by atoms with Gasteiger partial charge >= 0.3 is 0 Å². The highest BCUT2D eigenvalue weighted by atomic mass is 16.5. The zero-order chi connectivity index (χ0) is 15.3. The Kier molecular flexibility index (Phi) is 4.97. The minimum atomic E-state index is 0.0577. The van der Waals surface area contributed by atoms with Crippen molar-refractivity contribution in [2.45, 2.75) is 46.4 Å². The van der Waals surface area contributed by atoms with Gasteiger partial charge in [0.05, 0.1) is 5.69 Å². The summed E-state index contributed by atoms with van der Waals surface area (Å²) in [4.78, 5) is 4.60. The lowest BCUT2D eigenvalue weighted by atomic mass is 10.1. The number of hydrogen-bond acceptors (Lipinski definition) is 3. The summed E-state index contributed by atoms with van der Waals surface area (Å²) < 4.78 is 5.94. The monoisotopic (exact) mass is 284 g/mol. The molecule has 0 fully saturated rings. The SMILES string of the molecule is Cc1ccc(OCc2ccccc2)c(CNC(C)(C)C)n1. The normalized spacial score (nSPS) is 11.4. The van der Waals surface area contributed by atoms with Gasteiger partial charge in [0, 0.05) is 17.8 Å². The molecule has 0 radical (unpaired) electrons. The molecule has 112 valence electrons. The number of rotatable bonds is 5. The Balaban J connectivity index is 2.07. The van der Waals surface area contributed by atoms with Crippen molar-refractivity contribution >= 4 is 0 Å². The summed E-state index contributed by atoms with van der Waals surface area (Å²) in [5.74, 6) is 0.848. The van der Waals surface area contributed by atoms with Crippen LogP contribution in [0.3, 0.4) is 0 Å². The zero-order valence-corrected chi connectivity index (χ0v) is 13.3. The summed E-state index contributed by atoms with van der Waals surface area (Å²) in [6.45, 7) is 9.71. The third-order valence-electron chi connectivity index (χ3n) is 3.09. The van der Waals surface area contributed by atoms with E-state index in [1.807, 2.05) is 37.3 Å². The number of nitrogens with one attached hydrogen (secondary N) is 1. The van der Waals surface area contributed by atoms with E-state index in [0.29, 0.717) is 13.2 Å². The van der Waals surface area contributed by atoms with Crippen LogP contribution in [0.2, 0.25) is 0 Å². The number of hydrogen-bond donors (Lipinski definition) is 1. The van der Waals surface area contributed by atoms with E-state index in [4.69, 9.17) is 4.74 Å². The van der Waals surface area contributed by atoms with Crippen LogP contribution in [0.15, 0.2) is 42.5 Å². The van der Waals surface area contributed by atoms with Gasteiger partial charge in [-0.05, 0) is 45.4 Å². The smallest absolute Gasteiger partial charge is 0.142 e. The first-order valence-electron chi connectivity index (χ1n) is 7.32. The maximum atomic E-state index is 5.94. The highest BCUT2D eigenvalue weighted by Crippen LogP contribution is 2.19. The fourth-order valence-electron chi connectivity index (χ4n) is 1.94. The van der Waals surface area contributed by atoms with E-state index < -0.39 is 0 Å². The van der Waals surface area contributed by atoms with Crippen molar-refractivity contribution in [3.63, 3.8) is 0 Å². The zero-order valence-electron chi connectivity index (χ0n) is 13.3. The number of benzene rings is 1. The maximum Gasteiger partial charge on any atom is 0.142 e. The minimum absolute atomic E-state index is 0.0577. The number of ether oxygens (including phenoxy) is 1. The van der Waals surface area contributed by atoms with Crippen LogP contribution in [-0.4, -0.2) is 10.5 Å². The average Bonchev–Trinajstić information content (AvgIpc) is 2.44. The van der Waals surface area contributed by atoms with Crippen molar-refractivity contribution in [1.82, 2.24) is 10.3 Å². The molecule has 2 aromatic rings. The van der Waals surface area contributed by atoms with E-state index in [-0.39, 0.29) is 5.54 Å². The fourth-order valence-corrected chi connectivity index (χ4v) is 1.94. The molecule has 0 spiro atoms. The van der Waals surface area contributed by atoms with Crippen molar-refractivity contribution in [3.05, 3.63) is 59.4 Å². The van der Waals surface area contributed by atoms with Crippen molar-refractivity contribution in [2.24, 2.45) is 0 Å². The maximum absolute atomic E-state index is 5.94. The van der Waals surface area contributed by atoms with Crippen LogP contribution in [-0.2, 0) is 13.2 Å². The summed E-state index contributed by atoms with van der Waals surface area (Å²) in [7, 11) is 0. The topological polar surface area (TPSA) is 34.1 Å². The summed E-state index contributed by atoms with van der Waals surface area (Å²) in [6.07, 6.45) is 0. The van der Waals surface area contributed by atoms with Gasteiger partial charge in [-0.2, -0.15) is 0 Å². The molecule has 0 saturated carbocycles. The van der Waals surface area contributed by atoms with E-state index >= 15 is 0 Å². The molecule has 3 nitrogen and oxygen atoms in total. The quantitative estimate of drug-likeness (QED) is 0.905. The molecule has 1 N–H and O–H groups in total. The van der Waals surface area contributed by atoms with Gasteiger partial charge in [0.15, 0.2) is 0 Å². The lowest BCUT2D eigenvalue weighted by Gasteiger charge is -2.21. The molecule has 0 amide bonds. The molecular weight excluding hydrogens is 260 g/mol. The summed E-state index contributed by atoms with van der Waals surface area (Å²) in [5.41, 5.74) is 3.18. The molecule has 0 bridgehead atoms. The summed E-state index contributed by atoms with van der Waals surface area (Å²) >= 11 is 0. The van der Waals surface area contributed by atoms with Crippen molar-refractivity contribution < 1.29 is 4.74 Å². The van der Waals surface area contributed by atoms with E-state index in [1.165, 1.54) is 0 Å². The first-order valence-corrected chi connectivity index (χ1v) is 7.32. The highest BCUT2D eigenvalue weighted by molar-refractivity contribution is 5.30. The third kappa shape index (κ3) is 5.20. The molecule has 0 atom stereocenters. The Morgan fingerprint density at radius 3 is 2.43 bits per heavy atom. The van der Waals surface area contributed by atoms with Gasteiger partial charge < -0.3 is 10.1 Å². The van der Waals surface area contributed by atoms with Crippen LogP contribution in [0.25, 0.3) is 0 Å². The van der Waals surface area contributed by atoms with Crippen LogP contribution in [0, 0.1) is 6.92 Å². The molecule has 2 rings (SSSR count). The Morgan fingerprint density at radius 1 is 1.05 bits per heavy atom. The minimum Gasteiger partial charge on any atom is -0.487 e. The number of aromatic nitrogens is 1. The third-order valence-corrected chi connectivity index (χ3v) is 3.09. The molecule has 21 heavy (non-hydrogen) atoms. The molecule has 0 aliphatic heterocycles. The summed E-state index contributed by atoms with van der Waals surface area (Å²) in [5, 5.41) is 3.46. The lowest BCUT2D eigenvalue weighted by Crippen LogP contribution is -2.35. The molecule has 0 aliphatic rings. The van der Waals surface area contributed by atoms with Gasteiger partial charge in [0.2, 0.25) is 0 Å². The number of aryl methyl sites for hydroxylation is 1. The van der Waals surface area contributed by atoms with Gasteiger partial charge in [-0.1, -0.05) is 30.3 Å². The molecule has 0 unspecified atom stereocenters. The average molecular weight is 284 g/mol. The van der Waals surface area contributed by atoms with Crippen molar-refractivity contribution in [2.75, 3.05) is 0 Å². The van der Waals surface area contributed by atoms with Crippen molar-refractivity contribution in [3.8, 4) is 5.75 Å². The van der Waals surface area contributed by atoms with Crippen molar-refractivity contribution in [1.29, 1.82) is 0 Å². The van der Waals surface area contributed by atoms with Crippen LogP contribution in [0.1, 0.15) is 37.7 Å². The number of nitrogens with zero attached hydrogens (tertiary/aromatic N) is 1. The summed E-state index contributed by atoms with van der Waals surface area (Å²) in [6, 6.07) is 14.2. The van der Waals surface area contributed by atoms with Crippen LogP contribution >= 0.6 is 0 Å². The van der Waals surface area contributed by atoms with E-state index in [2.05, 4.69) is 43.2 Å². The van der Waals surface area contributed by atoms with Crippen LogP contribution in [0.4, 0.5) is 0 Å². The van der Waals surface area contributed by atoms with Gasteiger partial charge in [0.25, 0.3) is 0 Å². The second kappa shape index (κ2) is 6.72. The van der Waals surface area contributed by atoms with Gasteiger partial charge in [-0.15, -0.1) is 0 Å². The predicted octanol–water partition coefficient (Wildman–Crippen LogP) is 3.86. The first-order chi connectivity index (χ1) is 9.94. The van der Waals surface area contributed by atoms with Gasteiger partial charge in [-0.25, -0.2) is 0 Å².